The van der Waals surface area contributed by atoms with Crippen molar-refractivity contribution in [1.29, 1.82) is 0 Å². The van der Waals surface area contributed by atoms with Gasteiger partial charge in [-0.05, 0) is 18.9 Å². The van der Waals surface area contributed by atoms with Crippen molar-refractivity contribution in [1.82, 2.24) is 4.90 Å². The first-order valence-electron chi connectivity index (χ1n) is 5.80. The molecule has 0 unspecified atom stereocenters. The number of aliphatic hydroxyl groups excluding tert-OH is 1. The average molecular weight is 250 g/mol. The van der Waals surface area contributed by atoms with E-state index in [0.29, 0.717) is 19.4 Å². The van der Waals surface area contributed by atoms with Crippen LogP contribution in [0.3, 0.4) is 0 Å². The van der Waals surface area contributed by atoms with Gasteiger partial charge in [-0.2, -0.15) is 0 Å². The lowest BCUT2D eigenvalue weighted by Gasteiger charge is -2.30. The summed E-state index contributed by atoms with van der Waals surface area (Å²) < 4.78 is 0. The molecule has 0 radical (unpaired) electrons. The predicted molar refractivity (Wildman–Crippen MR) is 64.2 cm³/mol. The van der Waals surface area contributed by atoms with Gasteiger partial charge in [-0.1, -0.05) is 12.1 Å². The first-order chi connectivity index (χ1) is 8.59. The first-order valence-corrected chi connectivity index (χ1v) is 5.80. The van der Waals surface area contributed by atoms with Crippen molar-refractivity contribution in [3.05, 3.63) is 39.9 Å². The molecule has 0 spiro atoms. The second kappa shape index (κ2) is 5.14. The highest BCUT2D eigenvalue weighted by molar-refractivity contribution is 5.98. The van der Waals surface area contributed by atoms with Crippen LogP contribution in [-0.4, -0.2) is 40.0 Å². The Morgan fingerprint density at radius 2 is 2.17 bits per heavy atom. The Balaban J connectivity index is 2.25. The molecule has 1 fully saturated rings. The van der Waals surface area contributed by atoms with E-state index in [-0.39, 0.29) is 23.7 Å². The number of hydrogen-bond acceptors (Lipinski definition) is 4. The molecular formula is C12H14N2O4. The number of carbonyl (C=O) groups excluding carboxylic acids is 1. The molecule has 18 heavy (non-hydrogen) atoms. The molecule has 0 bridgehead atoms. The van der Waals surface area contributed by atoms with Crippen LogP contribution in [0.1, 0.15) is 23.2 Å². The Morgan fingerprint density at radius 1 is 1.44 bits per heavy atom. The van der Waals surface area contributed by atoms with Crippen LogP contribution in [0.5, 0.6) is 0 Å². The Hall–Kier alpha value is -1.95. The summed E-state index contributed by atoms with van der Waals surface area (Å²) in [5.74, 6) is -0.388. The zero-order chi connectivity index (χ0) is 13.1. The quantitative estimate of drug-likeness (QED) is 0.631. The van der Waals surface area contributed by atoms with Gasteiger partial charge in [0, 0.05) is 19.2 Å². The van der Waals surface area contributed by atoms with E-state index in [1.807, 2.05) is 0 Å². The number of para-hydroxylation sites is 1. The Kier molecular flexibility index (Phi) is 3.57. The number of nitro groups is 1. The highest BCUT2D eigenvalue weighted by Crippen LogP contribution is 2.21. The molecule has 1 aliphatic rings. The lowest BCUT2D eigenvalue weighted by molar-refractivity contribution is -0.385. The molecule has 1 amide bonds. The summed E-state index contributed by atoms with van der Waals surface area (Å²) in [6, 6.07) is 5.88. The fourth-order valence-corrected chi connectivity index (χ4v) is 2.12. The van der Waals surface area contributed by atoms with Crippen LogP contribution in [0, 0.1) is 10.1 Å². The molecule has 1 aromatic rings. The number of carbonyl (C=O) groups is 1. The summed E-state index contributed by atoms with van der Waals surface area (Å²) in [4.78, 5) is 23.9. The molecule has 0 saturated carbocycles. The van der Waals surface area contributed by atoms with Gasteiger partial charge in [0.1, 0.15) is 5.56 Å². The lowest BCUT2D eigenvalue weighted by Crippen LogP contribution is -2.42. The third-order valence-electron chi connectivity index (χ3n) is 3.01. The van der Waals surface area contributed by atoms with Crippen LogP contribution < -0.4 is 0 Å². The van der Waals surface area contributed by atoms with Crippen LogP contribution in [-0.2, 0) is 0 Å². The zero-order valence-corrected chi connectivity index (χ0v) is 9.78. The molecule has 1 aliphatic heterocycles. The van der Waals surface area contributed by atoms with E-state index in [1.54, 1.807) is 6.07 Å². The van der Waals surface area contributed by atoms with Crippen LogP contribution in [0.2, 0.25) is 0 Å². The molecule has 1 saturated heterocycles. The molecule has 0 aliphatic carbocycles. The van der Waals surface area contributed by atoms with Gasteiger partial charge in [0.25, 0.3) is 11.6 Å². The molecule has 6 heteroatoms. The fraction of sp³-hybridized carbons (Fsp3) is 0.417. The van der Waals surface area contributed by atoms with Gasteiger partial charge in [-0.3, -0.25) is 14.9 Å². The van der Waals surface area contributed by atoms with E-state index in [0.717, 1.165) is 0 Å². The number of rotatable bonds is 2. The highest BCUT2D eigenvalue weighted by atomic mass is 16.6. The van der Waals surface area contributed by atoms with Crippen LogP contribution in [0.4, 0.5) is 5.69 Å². The second-order valence-electron chi connectivity index (χ2n) is 4.32. The normalized spacial score (nSPS) is 19.6. The molecular weight excluding hydrogens is 236 g/mol. The third-order valence-corrected chi connectivity index (χ3v) is 3.01. The van der Waals surface area contributed by atoms with E-state index in [9.17, 15) is 20.0 Å². The maximum Gasteiger partial charge on any atom is 0.282 e. The number of benzene rings is 1. The van der Waals surface area contributed by atoms with Crippen molar-refractivity contribution in [3.63, 3.8) is 0 Å². The van der Waals surface area contributed by atoms with Crippen molar-refractivity contribution >= 4 is 11.6 Å². The minimum absolute atomic E-state index is 0.0802. The summed E-state index contributed by atoms with van der Waals surface area (Å²) in [5.41, 5.74) is -0.112. The van der Waals surface area contributed by atoms with Crippen molar-refractivity contribution in [2.45, 2.75) is 18.9 Å². The van der Waals surface area contributed by atoms with E-state index < -0.39 is 11.0 Å². The smallest absolute Gasteiger partial charge is 0.282 e. The monoisotopic (exact) mass is 250 g/mol. The van der Waals surface area contributed by atoms with Gasteiger partial charge in [0.15, 0.2) is 0 Å². The van der Waals surface area contributed by atoms with Gasteiger partial charge in [-0.25, -0.2) is 0 Å². The SMILES string of the molecule is O=C(c1ccccc1[N+](=O)[O-])N1CCC[C@H](O)C1. The summed E-state index contributed by atoms with van der Waals surface area (Å²) in [6.45, 7) is 0.771. The Bertz CT molecular complexity index is 475. The Labute approximate surface area is 104 Å². The standard InChI is InChI=1S/C12H14N2O4/c15-9-4-3-7-13(8-9)12(16)10-5-1-2-6-11(10)14(17)18/h1-2,5-6,9,15H,3-4,7-8H2/t9-/m0/s1. The second-order valence-corrected chi connectivity index (χ2v) is 4.32. The lowest BCUT2D eigenvalue weighted by atomic mass is 10.1. The number of nitrogens with zero attached hydrogens (tertiary/aromatic N) is 2. The summed E-state index contributed by atoms with van der Waals surface area (Å²) in [5, 5.41) is 20.4. The Morgan fingerprint density at radius 3 is 2.83 bits per heavy atom. The number of β-amino-alcohol motifs (C(OH)–C–C–N with tert-alkyl or cyclic N) is 1. The fourth-order valence-electron chi connectivity index (χ4n) is 2.12. The highest BCUT2D eigenvalue weighted by Gasteiger charge is 2.27. The van der Waals surface area contributed by atoms with Crippen molar-refractivity contribution in [2.75, 3.05) is 13.1 Å². The zero-order valence-electron chi connectivity index (χ0n) is 9.78. The predicted octanol–water partition coefficient (Wildman–Crippen LogP) is 1.19. The molecule has 1 atom stereocenters. The summed E-state index contributed by atoms with van der Waals surface area (Å²) in [7, 11) is 0. The number of amides is 1. The van der Waals surface area contributed by atoms with Crippen molar-refractivity contribution in [2.24, 2.45) is 0 Å². The van der Waals surface area contributed by atoms with Gasteiger partial charge in [0.2, 0.25) is 0 Å². The van der Waals surface area contributed by atoms with Crippen molar-refractivity contribution in [3.8, 4) is 0 Å². The maximum absolute atomic E-state index is 12.2. The van der Waals surface area contributed by atoms with Gasteiger partial charge in [-0.15, -0.1) is 0 Å². The third kappa shape index (κ3) is 2.48. The van der Waals surface area contributed by atoms with E-state index in [1.165, 1.54) is 23.1 Å². The topological polar surface area (TPSA) is 83.7 Å². The molecule has 6 nitrogen and oxygen atoms in total. The number of nitro benzene ring substituents is 1. The minimum Gasteiger partial charge on any atom is -0.391 e. The van der Waals surface area contributed by atoms with Crippen LogP contribution in [0.15, 0.2) is 24.3 Å². The molecule has 1 heterocycles. The van der Waals surface area contributed by atoms with Crippen LogP contribution >= 0.6 is 0 Å². The van der Waals surface area contributed by atoms with E-state index in [2.05, 4.69) is 0 Å². The van der Waals surface area contributed by atoms with Gasteiger partial charge >= 0.3 is 0 Å². The number of hydrogen-bond donors (Lipinski definition) is 1. The average Bonchev–Trinajstić information content (AvgIpc) is 2.38. The van der Waals surface area contributed by atoms with E-state index in [4.69, 9.17) is 0 Å². The molecule has 1 N–H and O–H groups in total. The van der Waals surface area contributed by atoms with E-state index >= 15 is 0 Å². The largest absolute Gasteiger partial charge is 0.391 e. The molecule has 2 rings (SSSR count). The number of aliphatic hydroxyl groups is 1. The summed E-state index contributed by atoms with van der Waals surface area (Å²) >= 11 is 0. The van der Waals surface area contributed by atoms with Crippen molar-refractivity contribution < 1.29 is 14.8 Å². The minimum atomic E-state index is -0.562. The number of likely N-dealkylation sites (tertiary alicyclic amines) is 1. The molecule has 96 valence electrons. The first kappa shape index (κ1) is 12.5. The number of piperidine rings is 1. The van der Waals surface area contributed by atoms with Gasteiger partial charge < -0.3 is 10.0 Å². The maximum atomic E-state index is 12.2. The van der Waals surface area contributed by atoms with Gasteiger partial charge in [0.05, 0.1) is 11.0 Å². The molecule has 0 aromatic heterocycles. The van der Waals surface area contributed by atoms with Crippen LogP contribution in [0.25, 0.3) is 0 Å². The summed E-state index contributed by atoms with van der Waals surface area (Å²) in [6.07, 6.45) is 0.847. The molecule has 1 aromatic carbocycles.